The second-order valence-corrected chi connectivity index (χ2v) is 9.15. The van der Waals surface area contributed by atoms with Crippen LogP contribution in [0.3, 0.4) is 0 Å². The smallest absolute Gasteiger partial charge is 0.282 e. The van der Waals surface area contributed by atoms with Gasteiger partial charge in [-0.2, -0.15) is 0 Å². The molecule has 6 nitrogen and oxygen atoms in total. The van der Waals surface area contributed by atoms with Crippen molar-refractivity contribution in [1.29, 1.82) is 0 Å². The first-order valence-electron chi connectivity index (χ1n) is 12.6. The molecule has 1 aliphatic carbocycles. The summed E-state index contributed by atoms with van der Waals surface area (Å²) in [5.41, 5.74) is 5.42. The number of nitrogens with zero attached hydrogens (tertiary/aromatic N) is 1. The number of carbonyl (C=O) groups is 2. The van der Waals surface area contributed by atoms with Crippen LogP contribution < -0.4 is 19.9 Å². The molecule has 2 amide bonds. The Morgan fingerprint density at radius 1 is 0.806 bits per heavy atom. The summed E-state index contributed by atoms with van der Waals surface area (Å²) in [7, 11) is 0. The molecule has 3 aromatic carbocycles. The van der Waals surface area contributed by atoms with Gasteiger partial charge in [-0.15, -0.1) is 0 Å². The Balaban J connectivity index is 1.14. The summed E-state index contributed by atoms with van der Waals surface area (Å²) < 4.78 is 11.7. The van der Waals surface area contributed by atoms with Crippen molar-refractivity contribution in [1.82, 2.24) is 5.43 Å². The third-order valence-corrected chi connectivity index (χ3v) is 6.65. The Morgan fingerprint density at radius 2 is 1.53 bits per heavy atom. The first-order valence-corrected chi connectivity index (χ1v) is 12.6. The van der Waals surface area contributed by atoms with E-state index in [1.807, 2.05) is 48.5 Å². The molecule has 5 rings (SSSR count). The van der Waals surface area contributed by atoms with E-state index in [2.05, 4.69) is 17.6 Å². The molecule has 36 heavy (non-hydrogen) atoms. The maximum absolute atomic E-state index is 12.8. The molecule has 0 unspecified atom stereocenters. The molecule has 1 saturated heterocycles. The van der Waals surface area contributed by atoms with Gasteiger partial charge >= 0.3 is 0 Å². The van der Waals surface area contributed by atoms with Crippen LogP contribution in [-0.4, -0.2) is 25.0 Å². The first kappa shape index (κ1) is 23.7. The second kappa shape index (κ2) is 11.1. The summed E-state index contributed by atoms with van der Waals surface area (Å²) in [6.45, 7) is 0.798. The van der Waals surface area contributed by atoms with Gasteiger partial charge in [0.2, 0.25) is 0 Å². The molecule has 0 bridgehead atoms. The van der Waals surface area contributed by atoms with Crippen LogP contribution in [0.1, 0.15) is 49.1 Å². The zero-order valence-electron chi connectivity index (χ0n) is 20.2. The first-order chi connectivity index (χ1) is 17.7. The van der Waals surface area contributed by atoms with E-state index < -0.39 is 5.91 Å². The molecule has 1 saturated carbocycles. The minimum Gasteiger partial charge on any atom is -0.490 e. The molecule has 6 heteroatoms. The molecule has 1 heterocycles. The van der Waals surface area contributed by atoms with E-state index in [-0.39, 0.29) is 11.5 Å². The van der Waals surface area contributed by atoms with E-state index in [9.17, 15) is 9.59 Å². The normalized spacial score (nSPS) is 17.3. The van der Waals surface area contributed by atoms with Gasteiger partial charge in [0.15, 0.2) is 0 Å². The molecular formula is C30H30N2O4. The maximum atomic E-state index is 12.8. The highest BCUT2D eigenvalue weighted by atomic mass is 16.5. The van der Waals surface area contributed by atoms with Crippen LogP contribution in [0.25, 0.3) is 6.08 Å². The summed E-state index contributed by atoms with van der Waals surface area (Å²) in [6, 6.07) is 24.8. The zero-order chi connectivity index (χ0) is 24.7. The second-order valence-electron chi connectivity index (χ2n) is 9.15. The lowest BCUT2D eigenvalue weighted by atomic mass is 9.84. The molecular weight excluding hydrogens is 452 g/mol. The lowest BCUT2D eigenvalue weighted by molar-refractivity contribution is -0.117. The average molecular weight is 483 g/mol. The van der Waals surface area contributed by atoms with Crippen molar-refractivity contribution < 1.29 is 19.1 Å². The quantitative estimate of drug-likeness (QED) is 0.256. The highest BCUT2D eigenvalue weighted by Crippen LogP contribution is 2.33. The molecule has 2 aliphatic rings. The number of nitrogens with one attached hydrogen (secondary N) is 1. The molecule has 0 aromatic heterocycles. The van der Waals surface area contributed by atoms with Crippen LogP contribution in [0, 0.1) is 0 Å². The number of rotatable bonds is 8. The average Bonchev–Trinajstić information content (AvgIpc) is 3.21. The van der Waals surface area contributed by atoms with Gasteiger partial charge in [-0.1, -0.05) is 61.7 Å². The number of hydrogen-bond acceptors (Lipinski definition) is 4. The predicted molar refractivity (Wildman–Crippen MR) is 140 cm³/mol. The minimum absolute atomic E-state index is 0.0796. The minimum atomic E-state index is -0.432. The van der Waals surface area contributed by atoms with Gasteiger partial charge in [0.1, 0.15) is 30.3 Å². The Kier molecular flexibility index (Phi) is 7.31. The van der Waals surface area contributed by atoms with Gasteiger partial charge in [-0.05, 0) is 72.4 Å². The summed E-state index contributed by atoms with van der Waals surface area (Å²) in [6.07, 6.45) is 8.17. The van der Waals surface area contributed by atoms with E-state index in [0.717, 1.165) is 5.75 Å². The largest absolute Gasteiger partial charge is 0.490 e. The van der Waals surface area contributed by atoms with E-state index in [4.69, 9.17) is 9.47 Å². The number of amides is 2. The number of ether oxygens (including phenoxy) is 2. The molecule has 2 fully saturated rings. The van der Waals surface area contributed by atoms with E-state index in [1.165, 1.54) is 42.7 Å². The Hall–Kier alpha value is -4.06. The third kappa shape index (κ3) is 5.60. The highest BCUT2D eigenvalue weighted by molar-refractivity contribution is 6.31. The Labute approximate surface area is 211 Å². The van der Waals surface area contributed by atoms with Gasteiger partial charge in [-0.3, -0.25) is 15.0 Å². The van der Waals surface area contributed by atoms with Crippen molar-refractivity contribution in [2.24, 2.45) is 0 Å². The van der Waals surface area contributed by atoms with Gasteiger partial charge in [0.25, 0.3) is 11.8 Å². The third-order valence-electron chi connectivity index (χ3n) is 6.65. The summed E-state index contributed by atoms with van der Waals surface area (Å²) >= 11 is 0. The van der Waals surface area contributed by atoms with Crippen molar-refractivity contribution in [3.05, 3.63) is 95.6 Å². The fourth-order valence-electron chi connectivity index (χ4n) is 4.77. The van der Waals surface area contributed by atoms with Crippen LogP contribution in [0.2, 0.25) is 0 Å². The number of hydrogen-bond donors (Lipinski definition) is 1. The van der Waals surface area contributed by atoms with Gasteiger partial charge in [0.05, 0.1) is 5.69 Å². The fourth-order valence-corrected chi connectivity index (χ4v) is 4.77. The van der Waals surface area contributed by atoms with Crippen LogP contribution >= 0.6 is 0 Å². The molecule has 3 aromatic rings. The topological polar surface area (TPSA) is 67.9 Å². The molecule has 1 aliphatic heterocycles. The van der Waals surface area contributed by atoms with Crippen LogP contribution in [0.15, 0.2) is 84.4 Å². The van der Waals surface area contributed by atoms with E-state index >= 15 is 0 Å². The standard InChI is InChI=1S/C30H30N2O4/c33-29-28(30(34)32(31-29)25-11-5-2-6-12-25)21-22-8-7-13-27(20-22)36-19-18-35-26-16-14-24(15-17-26)23-9-3-1-4-10-23/h2,5-8,11-17,20-21,23H,1,3-4,9-10,18-19H2,(H,31,33)/b28-21+. The SMILES string of the molecule is O=C1NN(c2ccccc2)C(=O)/C1=C/c1cccc(OCCOc2ccc(C3CCCCC3)cc2)c1. The number of carbonyl (C=O) groups excluding carboxylic acids is 2. The summed E-state index contributed by atoms with van der Waals surface area (Å²) in [4.78, 5) is 25.2. The highest BCUT2D eigenvalue weighted by Gasteiger charge is 2.34. The number of hydrazine groups is 1. The van der Waals surface area contributed by atoms with Gasteiger partial charge in [0, 0.05) is 0 Å². The predicted octanol–water partition coefficient (Wildman–Crippen LogP) is 5.65. The fraction of sp³-hybridized carbons (Fsp3) is 0.267. The molecule has 184 valence electrons. The molecule has 0 radical (unpaired) electrons. The zero-order valence-corrected chi connectivity index (χ0v) is 20.2. The van der Waals surface area contributed by atoms with Crippen molar-refractivity contribution in [3.8, 4) is 11.5 Å². The van der Waals surface area contributed by atoms with Gasteiger partial charge in [-0.25, -0.2) is 5.01 Å². The van der Waals surface area contributed by atoms with Crippen molar-refractivity contribution >= 4 is 23.6 Å². The Bertz CT molecular complexity index is 1230. The monoisotopic (exact) mass is 482 g/mol. The number of para-hydroxylation sites is 1. The number of anilines is 1. The van der Waals surface area contributed by atoms with Crippen molar-refractivity contribution in [3.63, 3.8) is 0 Å². The van der Waals surface area contributed by atoms with E-state index in [1.54, 1.807) is 24.3 Å². The van der Waals surface area contributed by atoms with Crippen LogP contribution in [0.5, 0.6) is 11.5 Å². The van der Waals surface area contributed by atoms with Crippen molar-refractivity contribution in [2.45, 2.75) is 38.0 Å². The van der Waals surface area contributed by atoms with Crippen LogP contribution in [0.4, 0.5) is 5.69 Å². The van der Waals surface area contributed by atoms with Crippen molar-refractivity contribution in [2.75, 3.05) is 18.2 Å². The Morgan fingerprint density at radius 3 is 2.28 bits per heavy atom. The summed E-state index contributed by atoms with van der Waals surface area (Å²) in [5.74, 6) is 1.35. The van der Waals surface area contributed by atoms with Crippen LogP contribution in [-0.2, 0) is 9.59 Å². The number of benzene rings is 3. The molecule has 0 spiro atoms. The van der Waals surface area contributed by atoms with Gasteiger partial charge < -0.3 is 9.47 Å². The lowest BCUT2D eigenvalue weighted by Gasteiger charge is -2.22. The molecule has 1 N–H and O–H groups in total. The van der Waals surface area contributed by atoms with E-state index in [0.29, 0.717) is 36.1 Å². The lowest BCUT2D eigenvalue weighted by Crippen LogP contribution is -2.35. The molecule has 0 atom stereocenters. The summed E-state index contributed by atoms with van der Waals surface area (Å²) in [5, 5.41) is 1.26. The maximum Gasteiger partial charge on any atom is 0.282 e.